The van der Waals surface area contributed by atoms with Crippen LogP contribution < -0.4 is 14.8 Å². The molecular formula is C20H27N3O3S. The van der Waals surface area contributed by atoms with E-state index in [1.54, 1.807) is 26.4 Å². The Bertz CT molecular complexity index is 728. The van der Waals surface area contributed by atoms with Gasteiger partial charge in [0.2, 0.25) is 5.91 Å². The molecule has 1 saturated heterocycles. The van der Waals surface area contributed by atoms with Crippen molar-refractivity contribution in [2.75, 3.05) is 58.8 Å². The van der Waals surface area contributed by atoms with Gasteiger partial charge < -0.3 is 19.7 Å². The van der Waals surface area contributed by atoms with Crippen molar-refractivity contribution in [3.63, 3.8) is 0 Å². The first-order valence-electron chi connectivity index (χ1n) is 9.17. The molecule has 0 radical (unpaired) electrons. The number of carbonyl (C=O) groups is 1. The number of hydrogen-bond acceptors (Lipinski definition) is 6. The van der Waals surface area contributed by atoms with Gasteiger partial charge in [-0.15, -0.1) is 11.3 Å². The molecule has 0 aliphatic carbocycles. The first-order chi connectivity index (χ1) is 13.2. The van der Waals surface area contributed by atoms with Gasteiger partial charge in [0.05, 0.1) is 26.5 Å². The van der Waals surface area contributed by atoms with Crippen molar-refractivity contribution < 1.29 is 14.3 Å². The molecule has 2 heterocycles. The number of nitrogens with one attached hydrogen (secondary N) is 1. The third-order valence-electron chi connectivity index (χ3n) is 4.77. The predicted molar refractivity (Wildman–Crippen MR) is 109 cm³/mol. The second-order valence-electron chi connectivity index (χ2n) is 6.56. The molecular weight excluding hydrogens is 362 g/mol. The molecule has 1 aromatic carbocycles. The van der Waals surface area contributed by atoms with E-state index in [1.165, 1.54) is 4.88 Å². The van der Waals surface area contributed by atoms with Crippen LogP contribution in [-0.2, 0) is 11.2 Å². The lowest BCUT2D eigenvalue weighted by atomic mass is 10.2. The fourth-order valence-electron chi connectivity index (χ4n) is 3.19. The maximum absolute atomic E-state index is 12.4. The topological polar surface area (TPSA) is 54.0 Å². The number of benzene rings is 1. The van der Waals surface area contributed by atoms with Gasteiger partial charge in [-0.3, -0.25) is 9.69 Å². The summed E-state index contributed by atoms with van der Waals surface area (Å²) in [6.45, 7) is 5.32. The van der Waals surface area contributed by atoms with Crippen molar-refractivity contribution in [2.45, 2.75) is 6.42 Å². The normalized spacial score (nSPS) is 15.5. The van der Waals surface area contributed by atoms with Gasteiger partial charge in [0, 0.05) is 43.7 Å². The molecule has 1 N–H and O–H groups in total. The molecule has 1 amide bonds. The summed E-state index contributed by atoms with van der Waals surface area (Å²) in [5, 5.41) is 5.07. The maximum atomic E-state index is 12.4. The first-order valence-corrected chi connectivity index (χ1v) is 10.0. The zero-order chi connectivity index (χ0) is 19.1. The zero-order valence-corrected chi connectivity index (χ0v) is 16.8. The van der Waals surface area contributed by atoms with Crippen molar-refractivity contribution in [3.8, 4) is 11.5 Å². The highest BCUT2D eigenvalue weighted by molar-refractivity contribution is 7.09. The molecule has 146 valence electrons. The van der Waals surface area contributed by atoms with E-state index in [-0.39, 0.29) is 5.91 Å². The molecule has 7 heteroatoms. The number of nitrogens with zero attached hydrogens (tertiary/aromatic N) is 2. The number of methoxy groups -OCH3 is 2. The van der Waals surface area contributed by atoms with Crippen molar-refractivity contribution >= 4 is 22.9 Å². The lowest BCUT2D eigenvalue weighted by molar-refractivity contribution is -0.117. The van der Waals surface area contributed by atoms with Crippen LogP contribution in [0.3, 0.4) is 0 Å². The number of amides is 1. The summed E-state index contributed by atoms with van der Waals surface area (Å²) in [6.07, 6.45) is 1.11. The minimum absolute atomic E-state index is 0.0227. The number of carbonyl (C=O) groups excluding carboxylic acids is 1. The smallest absolute Gasteiger partial charge is 0.238 e. The van der Waals surface area contributed by atoms with Crippen LogP contribution in [-0.4, -0.2) is 69.2 Å². The van der Waals surface area contributed by atoms with Gasteiger partial charge in [0.15, 0.2) is 0 Å². The number of rotatable bonds is 8. The molecule has 2 aromatic rings. The number of hydrogen-bond donors (Lipinski definition) is 1. The molecule has 27 heavy (non-hydrogen) atoms. The Kier molecular flexibility index (Phi) is 7.09. The maximum Gasteiger partial charge on any atom is 0.238 e. The van der Waals surface area contributed by atoms with Crippen LogP contribution >= 0.6 is 11.3 Å². The van der Waals surface area contributed by atoms with Crippen LogP contribution in [0.1, 0.15) is 4.88 Å². The summed E-state index contributed by atoms with van der Waals surface area (Å²) in [6, 6.07) is 9.68. The van der Waals surface area contributed by atoms with E-state index >= 15 is 0 Å². The van der Waals surface area contributed by atoms with Crippen molar-refractivity contribution in [1.82, 2.24) is 9.80 Å². The summed E-state index contributed by atoms with van der Waals surface area (Å²) in [4.78, 5) is 18.5. The van der Waals surface area contributed by atoms with Crippen LogP contribution in [0.4, 0.5) is 5.69 Å². The molecule has 0 bridgehead atoms. The molecule has 3 rings (SSSR count). The van der Waals surface area contributed by atoms with Crippen LogP contribution in [0.2, 0.25) is 0 Å². The summed E-state index contributed by atoms with van der Waals surface area (Å²) in [7, 11) is 3.19. The highest BCUT2D eigenvalue weighted by Gasteiger charge is 2.19. The summed E-state index contributed by atoms with van der Waals surface area (Å²) < 4.78 is 10.5. The quantitative estimate of drug-likeness (QED) is 0.752. The van der Waals surface area contributed by atoms with Gasteiger partial charge in [-0.2, -0.15) is 0 Å². The fraction of sp³-hybridized carbons (Fsp3) is 0.450. The van der Waals surface area contributed by atoms with E-state index in [0.717, 1.165) is 39.1 Å². The van der Waals surface area contributed by atoms with Crippen molar-refractivity contribution in [3.05, 3.63) is 40.6 Å². The molecule has 0 atom stereocenters. The van der Waals surface area contributed by atoms with Crippen LogP contribution in [0.15, 0.2) is 35.7 Å². The average molecular weight is 390 g/mol. The average Bonchev–Trinajstić information content (AvgIpc) is 3.21. The highest BCUT2D eigenvalue weighted by Crippen LogP contribution is 2.28. The molecule has 0 saturated carbocycles. The standard InChI is InChI=1S/C20H27N3O3S/c1-25-16-5-6-18(19(14-16)26-2)21-20(24)15-23-11-9-22(10-12-23)8-7-17-4-3-13-27-17/h3-6,13-14H,7-12,15H2,1-2H3,(H,21,24). The zero-order valence-electron chi connectivity index (χ0n) is 15.9. The van der Waals surface area contributed by atoms with Gasteiger partial charge in [-0.1, -0.05) is 6.07 Å². The molecule has 1 fully saturated rings. The van der Waals surface area contributed by atoms with Crippen LogP contribution in [0.25, 0.3) is 0 Å². The minimum Gasteiger partial charge on any atom is -0.497 e. The predicted octanol–water partition coefficient (Wildman–Crippen LogP) is 2.56. The Hall–Kier alpha value is -2.09. The second kappa shape index (κ2) is 9.73. The van der Waals surface area contributed by atoms with E-state index in [1.807, 2.05) is 17.4 Å². The summed E-state index contributed by atoms with van der Waals surface area (Å²) in [5.74, 6) is 1.27. The number of thiophene rings is 1. The van der Waals surface area contributed by atoms with Crippen molar-refractivity contribution in [1.29, 1.82) is 0 Å². The van der Waals surface area contributed by atoms with Gasteiger partial charge in [-0.05, 0) is 30.0 Å². The molecule has 1 aromatic heterocycles. The lowest BCUT2D eigenvalue weighted by Gasteiger charge is -2.34. The molecule has 6 nitrogen and oxygen atoms in total. The van der Waals surface area contributed by atoms with Gasteiger partial charge >= 0.3 is 0 Å². The summed E-state index contributed by atoms with van der Waals surface area (Å²) in [5.41, 5.74) is 0.665. The van der Waals surface area contributed by atoms with E-state index in [0.29, 0.717) is 23.7 Å². The Labute approximate surface area is 164 Å². The third-order valence-corrected chi connectivity index (χ3v) is 5.71. The van der Waals surface area contributed by atoms with Gasteiger partial charge in [0.1, 0.15) is 11.5 Å². The number of ether oxygens (including phenoxy) is 2. The molecule has 1 aliphatic heterocycles. The van der Waals surface area contributed by atoms with E-state index in [2.05, 4.69) is 32.6 Å². The molecule has 0 unspecified atom stereocenters. The lowest BCUT2D eigenvalue weighted by Crippen LogP contribution is -2.49. The van der Waals surface area contributed by atoms with Crippen LogP contribution in [0.5, 0.6) is 11.5 Å². The molecule has 1 aliphatic rings. The summed E-state index contributed by atoms with van der Waals surface area (Å²) >= 11 is 1.82. The van der Waals surface area contributed by atoms with E-state index in [4.69, 9.17) is 9.47 Å². The molecule has 0 spiro atoms. The first kappa shape index (κ1) is 19.7. The fourth-order valence-corrected chi connectivity index (χ4v) is 3.89. The SMILES string of the molecule is COc1ccc(NC(=O)CN2CCN(CCc3cccs3)CC2)c(OC)c1. The Morgan fingerprint density at radius 3 is 2.56 bits per heavy atom. The van der Waals surface area contributed by atoms with Gasteiger partial charge in [-0.25, -0.2) is 0 Å². The minimum atomic E-state index is -0.0227. The number of anilines is 1. The van der Waals surface area contributed by atoms with Crippen LogP contribution in [0, 0.1) is 0 Å². The van der Waals surface area contributed by atoms with E-state index in [9.17, 15) is 4.79 Å². The largest absolute Gasteiger partial charge is 0.497 e. The van der Waals surface area contributed by atoms with Crippen molar-refractivity contribution in [2.24, 2.45) is 0 Å². The monoisotopic (exact) mass is 389 g/mol. The highest BCUT2D eigenvalue weighted by atomic mass is 32.1. The third kappa shape index (κ3) is 5.69. The van der Waals surface area contributed by atoms with Gasteiger partial charge in [0.25, 0.3) is 0 Å². The van der Waals surface area contributed by atoms with E-state index < -0.39 is 0 Å². The Morgan fingerprint density at radius 2 is 1.89 bits per heavy atom. The second-order valence-corrected chi connectivity index (χ2v) is 7.59. The Balaban J connectivity index is 1.43. The number of piperazine rings is 1. The Morgan fingerprint density at radius 1 is 1.11 bits per heavy atom.